The van der Waals surface area contributed by atoms with Gasteiger partial charge in [0.2, 0.25) is 0 Å². The summed E-state index contributed by atoms with van der Waals surface area (Å²) in [6.45, 7) is 4.91. The molecule has 0 aliphatic rings. The Kier molecular flexibility index (Phi) is 8.88. The number of rotatable bonds is 8. The lowest BCUT2D eigenvalue weighted by Crippen LogP contribution is -2.30. The van der Waals surface area contributed by atoms with E-state index in [4.69, 9.17) is 10.2 Å². The Hall–Kier alpha value is -0.120. The van der Waals surface area contributed by atoms with E-state index in [2.05, 4.69) is 11.8 Å². The fourth-order valence-corrected chi connectivity index (χ4v) is 1.20. The number of hydrogen-bond donors (Lipinski definition) is 2. The van der Waals surface area contributed by atoms with E-state index in [-0.39, 0.29) is 13.2 Å². The summed E-state index contributed by atoms with van der Waals surface area (Å²) in [7, 11) is 0. The van der Waals surface area contributed by atoms with Crippen LogP contribution in [-0.4, -0.2) is 48.0 Å². The number of aliphatic hydroxyl groups is 2. The van der Waals surface area contributed by atoms with Crippen LogP contribution in [-0.2, 0) is 0 Å². The molecule has 0 aromatic heterocycles. The lowest BCUT2D eigenvalue weighted by Gasteiger charge is -2.19. The van der Waals surface area contributed by atoms with Gasteiger partial charge in [0.15, 0.2) is 0 Å². The van der Waals surface area contributed by atoms with Gasteiger partial charge in [0.05, 0.1) is 13.2 Å². The lowest BCUT2D eigenvalue weighted by atomic mass is 10.2. The molecule has 0 unspecified atom stereocenters. The van der Waals surface area contributed by atoms with Crippen molar-refractivity contribution in [3.63, 3.8) is 0 Å². The van der Waals surface area contributed by atoms with Gasteiger partial charge in [-0.1, -0.05) is 19.8 Å². The van der Waals surface area contributed by atoms with Crippen LogP contribution in [0.25, 0.3) is 0 Å². The van der Waals surface area contributed by atoms with Crippen LogP contribution in [0.4, 0.5) is 0 Å². The highest BCUT2D eigenvalue weighted by Gasteiger charge is 2.01. The Bertz CT molecular complexity index is 82.6. The molecule has 0 saturated heterocycles. The maximum atomic E-state index is 8.70. The zero-order chi connectivity index (χ0) is 9.23. The van der Waals surface area contributed by atoms with E-state index in [1.807, 2.05) is 0 Å². The summed E-state index contributed by atoms with van der Waals surface area (Å²) in [6.07, 6.45) is 3.61. The average Bonchev–Trinajstić information content (AvgIpc) is 2.06. The van der Waals surface area contributed by atoms with Gasteiger partial charge in [0, 0.05) is 13.1 Å². The molecule has 3 heteroatoms. The van der Waals surface area contributed by atoms with Crippen molar-refractivity contribution in [2.45, 2.75) is 26.2 Å². The van der Waals surface area contributed by atoms with Crippen LogP contribution in [0.1, 0.15) is 26.2 Å². The largest absolute Gasteiger partial charge is 0.395 e. The van der Waals surface area contributed by atoms with Crippen LogP contribution in [0.15, 0.2) is 0 Å². The van der Waals surface area contributed by atoms with Crippen molar-refractivity contribution in [3.8, 4) is 0 Å². The normalized spacial score (nSPS) is 11.0. The standard InChI is InChI=1S/C9H21NO2/c1-2-3-4-5-10(6-8-11)7-9-12/h11-12H,2-9H2,1H3. The predicted molar refractivity (Wildman–Crippen MR) is 50.1 cm³/mol. The first-order valence-corrected chi connectivity index (χ1v) is 4.79. The fraction of sp³-hybridized carbons (Fsp3) is 1.00. The topological polar surface area (TPSA) is 43.7 Å². The third-order valence-electron chi connectivity index (χ3n) is 1.91. The molecule has 0 spiro atoms. The summed E-state index contributed by atoms with van der Waals surface area (Å²) in [5, 5.41) is 17.4. The molecule has 0 fully saturated rings. The molecule has 0 saturated carbocycles. The van der Waals surface area contributed by atoms with Gasteiger partial charge in [-0.3, -0.25) is 4.90 Å². The molecule has 12 heavy (non-hydrogen) atoms. The molecule has 74 valence electrons. The van der Waals surface area contributed by atoms with Gasteiger partial charge in [-0.2, -0.15) is 0 Å². The van der Waals surface area contributed by atoms with Gasteiger partial charge >= 0.3 is 0 Å². The molecule has 3 nitrogen and oxygen atoms in total. The second-order valence-corrected chi connectivity index (χ2v) is 3.00. The number of hydrogen-bond acceptors (Lipinski definition) is 3. The van der Waals surface area contributed by atoms with Crippen LogP contribution in [0.3, 0.4) is 0 Å². The first-order chi connectivity index (χ1) is 5.85. The van der Waals surface area contributed by atoms with Crippen LogP contribution in [0.2, 0.25) is 0 Å². The molecular formula is C9H21NO2. The highest BCUT2D eigenvalue weighted by atomic mass is 16.3. The van der Waals surface area contributed by atoms with E-state index in [0.717, 1.165) is 13.0 Å². The Morgan fingerprint density at radius 3 is 1.92 bits per heavy atom. The van der Waals surface area contributed by atoms with Crippen LogP contribution < -0.4 is 0 Å². The predicted octanol–water partition coefficient (Wildman–Crippen LogP) is 0.463. The summed E-state index contributed by atoms with van der Waals surface area (Å²) < 4.78 is 0. The minimum atomic E-state index is 0.187. The quantitative estimate of drug-likeness (QED) is 0.527. The molecule has 0 amide bonds. The molecule has 0 aliphatic carbocycles. The van der Waals surface area contributed by atoms with Gasteiger partial charge in [-0.25, -0.2) is 0 Å². The van der Waals surface area contributed by atoms with Crippen molar-refractivity contribution in [2.75, 3.05) is 32.8 Å². The highest BCUT2D eigenvalue weighted by Crippen LogP contribution is 1.97. The Labute approximate surface area is 75.0 Å². The van der Waals surface area contributed by atoms with E-state index < -0.39 is 0 Å². The first-order valence-electron chi connectivity index (χ1n) is 4.79. The summed E-state index contributed by atoms with van der Waals surface area (Å²) >= 11 is 0. The van der Waals surface area contributed by atoms with Crippen LogP contribution in [0.5, 0.6) is 0 Å². The molecule has 0 aromatic rings. The molecule has 0 heterocycles. The second-order valence-electron chi connectivity index (χ2n) is 3.00. The third kappa shape index (κ3) is 6.58. The zero-order valence-corrected chi connectivity index (χ0v) is 8.00. The van der Waals surface area contributed by atoms with Gasteiger partial charge in [-0.15, -0.1) is 0 Å². The van der Waals surface area contributed by atoms with Crippen molar-refractivity contribution in [2.24, 2.45) is 0 Å². The molecule has 0 aliphatic heterocycles. The highest BCUT2D eigenvalue weighted by molar-refractivity contribution is 4.55. The van der Waals surface area contributed by atoms with E-state index in [0.29, 0.717) is 13.1 Å². The zero-order valence-electron chi connectivity index (χ0n) is 8.00. The lowest BCUT2D eigenvalue weighted by molar-refractivity contribution is 0.159. The maximum Gasteiger partial charge on any atom is 0.0558 e. The van der Waals surface area contributed by atoms with E-state index in [1.54, 1.807) is 0 Å². The van der Waals surface area contributed by atoms with Crippen LogP contribution >= 0.6 is 0 Å². The third-order valence-corrected chi connectivity index (χ3v) is 1.91. The second kappa shape index (κ2) is 8.97. The Morgan fingerprint density at radius 2 is 1.50 bits per heavy atom. The van der Waals surface area contributed by atoms with Crippen molar-refractivity contribution < 1.29 is 10.2 Å². The smallest absolute Gasteiger partial charge is 0.0558 e. The molecule has 2 N–H and O–H groups in total. The molecule has 0 radical (unpaired) electrons. The minimum absolute atomic E-state index is 0.187. The van der Waals surface area contributed by atoms with E-state index in [1.165, 1.54) is 12.8 Å². The summed E-state index contributed by atoms with van der Waals surface area (Å²) in [5.41, 5.74) is 0. The molecular weight excluding hydrogens is 154 g/mol. The van der Waals surface area contributed by atoms with Gasteiger partial charge < -0.3 is 10.2 Å². The number of aliphatic hydroxyl groups excluding tert-OH is 2. The van der Waals surface area contributed by atoms with Gasteiger partial charge in [0.1, 0.15) is 0 Å². The summed E-state index contributed by atoms with van der Waals surface area (Å²) in [5.74, 6) is 0. The Morgan fingerprint density at radius 1 is 0.917 bits per heavy atom. The van der Waals surface area contributed by atoms with Crippen molar-refractivity contribution in [1.29, 1.82) is 0 Å². The summed E-state index contributed by atoms with van der Waals surface area (Å²) in [4.78, 5) is 2.09. The minimum Gasteiger partial charge on any atom is -0.395 e. The molecule has 0 aromatic carbocycles. The number of unbranched alkanes of at least 4 members (excludes halogenated alkanes) is 2. The summed E-state index contributed by atoms with van der Waals surface area (Å²) in [6, 6.07) is 0. The van der Waals surface area contributed by atoms with E-state index in [9.17, 15) is 0 Å². The van der Waals surface area contributed by atoms with Crippen molar-refractivity contribution in [3.05, 3.63) is 0 Å². The maximum absolute atomic E-state index is 8.70. The van der Waals surface area contributed by atoms with Gasteiger partial charge in [0.25, 0.3) is 0 Å². The number of nitrogens with zero attached hydrogens (tertiary/aromatic N) is 1. The van der Waals surface area contributed by atoms with Gasteiger partial charge in [-0.05, 0) is 13.0 Å². The monoisotopic (exact) mass is 175 g/mol. The van der Waals surface area contributed by atoms with Crippen LogP contribution in [0, 0.1) is 0 Å². The van der Waals surface area contributed by atoms with Crippen molar-refractivity contribution >= 4 is 0 Å². The SMILES string of the molecule is CCCCCN(CCO)CCO. The molecule has 0 bridgehead atoms. The molecule has 0 atom stereocenters. The average molecular weight is 175 g/mol. The Balaban J connectivity index is 3.34. The fourth-order valence-electron chi connectivity index (χ4n) is 1.20. The van der Waals surface area contributed by atoms with E-state index >= 15 is 0 Å². The first kappa shape index (κ1) is 11.9. The molecule has 0 rings (SSSR count). The van der Waals surface area contributed by atoms with Crippen molar-refractivity contribution in [1.82, 2.24) is 4.90 Å².